The van der Waals surface area contributed by atoms with Gasteiger partial charge in [-0.05, 0) is 31.0 Å². The number of anilines is 2. The van der Waals surface area contributed by atoms with Crippen LogP contribution in [-0.2, 0) is 11.3 Å². The molecule has 0 spiro atoms. The number of pyridine rings is 1. The van der Waals surface area contributed by atoms with Crippen molar-refractivity contribution < 1.29 is 9.18 Å². The molecule has 7 heteroatoms. The van der Waals surface area contributed by atoms with E-state index in [-0.39, 0.29) is 17.4 Å². The highest BCUT2D eigenvalue weighted by Gasteiger charge is 2.25. The van der Waals surface area contributed by atoms with Gasteiger partial charge in [0.05, 0.1) is 5.69 Å². The van der Waals surface area contributed by atoms with E-state index in [2.05, 4.69) is 15.2 Å². The first-order chi connectivity index (χ1) is 12.6. The molecule has 1 saturated heterocycles. The first-order valence-electron chi connectivity index (χ1n) is 8.50. The number of hydrogen-bond donors (Lipinski definition) is 2. The highest BCUT2D eigenvalue weighted by molar-refractivity contribution is 5.77. The third kappa shape index (κ3) is 3.75. The van der Waals surface area contributed by atoms with Crippen molar-refractivity contribution in [2.24, 2.45) is 11.7 Å². The van der Waals surface area contributed by atoms with Crippen LogP contribution in [0.3, 0.4) is 0 Å². The van der Waals surface area contributed by atoms with Crippen LogP contribution in [-0.4, -0.2) is 24.0 Å². The molecule has 0 unspecified atom stereocenters. The molecule has 1 aliphatic heterocycles. The Morgan fingerprint density at radius 1 is 1.35 bits per heavy atom. The van der Waals surface area contributed by atoms with Crippen molar-refractivity contribution >= 4 is 17.4 Å². The quantitative estimate of drug-likeness (QED) is 0.861. The molecule has 3 N–H and O–H groups in total. The van der Waals surface area contributed by atoms with E-state index in [1.165, 1.54) is 6.07 Å². The minimum atomic E-state index is -0.544. The summed E-state index contributed by atoms with van der Waals surface area (Å²) in [5, 5.41) is 12.3. The van der Waals surface area contributed by atoms with Crippen molar-refractivity contribution in [2.75, 3.05) is 23.3 Å². The number of nitrogens with two attached hydrogens (primary N) is 1. The van der Waals surface area contributed by atoms with Gasteiger partial charge in [0, 0.05) is 37.3 Å². The zero-order valence-electron chi connectivity index (χ0n) is 14.3. The Labute approximate surface area is 151 Å². The number of hydrogen-bond acceptors (Lipinski definition) is 5. The molecule has 1 amide bonds. The molecule has 2 aromatic rings. The van der Waals surface area contributed by atoms with Gasteiger partial charge in [0.2, 0.25) is 5.91 Å². The Balaban J connectivity index is 1.74. The van der Waals surface area contributed by atoms with Crippen molar-refractivity contribution in [3.05, 3.63) is 53.5 Å². The minimum Gasteiger partial charge on any atom is -0.380 e. The van der Waals surface area contributed by atoms with Gasteiger partial charge in [-0.25, -0.2) is 9.37 Å². The molecule has 1 aliphatic rings. The number of benzene rings is 1. The number of aromatic nitrogens is 1. The number of halogens is 1. The Bertz CT molecular complexity index is 840. The van der Waals surface area contributed by atoms with Gasteiger partial charge in [-0.3, -0.25) is 4.79 Å². The van der Waals surface area contributed by atoms with Gasteiger partial charge in [-0.15, -0.1) is 0 Å². The predicted octanol–water partition coefficient (Wildman–Crippen LogP) is 2.41. The van der Waals surface area contributed by atoms with E-state index in [0.717, 1.165) is 11.4 Å². The summed E-state index contributed by atoms with van der Waals surface area (Å²) in [7, 11) is 0. The summed E-state index contributed by atoms with van der Waals surface area (Å²) < 4.78 is 13.7. The molecule has 1 aromatic heterocycles. The second-order valence-corrected chi connectivity index (χ2v) is 6.28. The number of nitrogens with zero attached hydrogens (tertiary/aromatic N) is 3. The molecule has 1 fully saturated rings. The molecular formula is C19H20FN5O. The van der Waals surface area contributed by atoms with E-state index in [4.69, 9.17) is 11.0 Å². The van der Waals surface area contributed by atoms with Crippen LogP contribution in [0, 0.1) is 23.1 Å². The summed E-state index contributed by atoms with van der Waals surface area (Å²) in [6.07, 6.45) is 3.14. The third-order valence-corrected chi connectivity index (χ3v) is 4.66. The molecule has 0 saturated carbocycles. The average molecular weight is 353 g/mol. The number of carbonyl (C=O) groups is 1. The largest absolute Gasteiger partial charge is 0.380 e. The van der Waals surface area contributed by atoms with Crippen molar-refractivity contribution in [2.45, 2.75) is 19.4 Å². The maximum absolute atomic E-state index is 13.7. The van der Waals surface area contributed by atoms with E-state index >= 15 is 0 Å². The molecule has 0 atom stereocenters. The van der Waals surface area contributed by atoms with Gasteiger partial charge in [0.15, 0.2) is 0 Å². The van der Waals surface area contributed by atoms with E-state index in [1.54, 1.807) is 18.3 Å². The van der Waals surface area contributed by atoms with E-state index in [0.29, 0.717) is 38.2 Å². The summed E-state index contributed by atoms with van der Waals surface area (Å²) >= 11 is 0. The lowest BCUT2D eigenvalue weighted by Crippen LogP contribution is -2.39. The highest BCUT2D eigenvalue weighted by atomic mass is 19.1. The fourth-order valence-electron chi connectivity index (χ4n) is 3.20. The Morgan fingerprint density at radius 3 is 2.81 bits per heavy atom. The molecule has 134 valence electrons. The van der Waals surface area contributed by atoms with Crippen LogP contribution in [0.15, 0.2) is 36.5 Å². The maximum Gasteiger partial charge on any atom is 0.220 e. The van der Waals surface area contributed by atoms with Crippen molar-refractivity contribution in [3.8, 4) is 6.07 Å². The zero-order chi connectivity index (χ0) is 18.5. The van der Waals surface area contributed by atoms with Crippen LogP contribution in [0.4, 0.5) is 15.9 Å². The SMILES string of the molecule is N#Cc1c(F)cccc1NCc1cccnc1N1CCC(C(N)=O)CC1. The van der Waals surface area contributed by atoms with Gasteiger partial charge < -0.3 is 16.0 Å². The molecule has 26 heavy (non-hydrogen) atoms. The normalized spacial score (nSPS) is 14.7. The smallest absolute Gasteiger partial charge is 0.220 e. The number of primary amides is 1. The standard InChI is InChI=1S/C19H20FN5O/c20-16-4-1-5-17(15(16)11-21)24-12-14-3-2-8-23-19(14)25-9-6-13(7-10-25)18(22)26/h1-5,8,13,24H,6-7,9-10,12H2,(H2,22,26). The molecule has 0 radical (unpaired) electrons. The molecular weight excluding hydrogens is 333 g/mol. The topological polar surface area (TPSA) is 95.0 Å². The molecule has 0 bridgehead atoms. The Kier molecular flexibility index (Phi) is 5.32. The molecule has 2 heterocycles. The number of amides is 1. The number of piperidine rings is 1. The summed E-state index contributed by atoms with van der Waals surface area (Å²) in [6, 6.07) is 10.2. The Morgan fingerprint density at radius 2 is 2.12 bits per heavy atom. The number of nitriles is 1. The summed E-state index contributed by atoms with van der Waals surface area (Å²) in [4.78, 5) is 17.9. The third-order valence-electron chi connectivity index (χ3n) is 4.66. The molecule has 3 rings (SSSR count). The van der Waals surface area contributed by atoms with Crippen LogP contribution >= 0.6 is 0 Å². The van der Waals surface area contributed by atoms with Gasteiger partial charge in [-0.2, -0.15) is 5.26 Å². The molecule has 0 aliphatic carbocycles. The second kappa shape index (κ2) is 7.83. The molecule has 6 nitrogen and oxygen atoms in total. The van der Waals surface area contributed by atoms with Gasteiger partial charge in [0.1, 0.15) is 23.3 Å². The lowest BCUT2D eigenvalue weighted by atomic mass is 9.96. The number of carbonyl (C=O) groups excluding carboxylic acids is 1. The van der Waals surface area contributed by atoms with E-state index in [1.807, 2.05) is 18.2 Å². The van der Waals surface area contributed by atoms with E-state index < -0.39 is 5.82 Å². The van der Waals surface area contributed by atoms with Crippen molar-refractivity contribution in [1.29, 1.82) is 5.26 Å². The zero-order valence-corrected chi connectivity index (χ0v) is 14.3. The first-order valence-corrected chi connectivity index (χ1v) is 8.50. The first kappa shape index (κ1) is 17.7. The van der Waals surface area contributed by atoms with Gasteiger partial charge in [0.25, 0.3) is 0 Å². The highest BCUT2D eigenvalue weighted by Crippen LogP contribution is 2.26. The van der Waals surface area contributed by atoms with E-state index in [9.17, 15) is 9.18 Å². The van der Waals surface area contributed by atoms with Gasteiger partial charge in [-0.1, -0.05) is 12.1 Å². The monoisotopic (exact) mass is 353 g/mol. The predicted molar refractivity (Wildman–Crippen MR) is 96.8 cm³/mol. The summed E-state index contributed by atoms with van der Waals surface area (Å²) in [5.74, 6) is -0.0417. The maximum atomic E-state index is 13.7. The van der Waals surface area contributed by atoms with Crippen LogP contribution in [0.5, 0.6) is 0 Å². The van der Waals surface area contributed by atoms with Crippen molar-refractivity contribution in [3.63, 3.8) is 0 Å². The number of nitrogens with one attached hydrogen (secondary N) is 1. The van der Waals surface area contributed by atoms with Crippen molar-refractivity contribution in [1.82, 2.24) is 4.98 Å². The summed E-state index contributed by atoms with van der Waals surface area (Å²) in [5.41, 5.74) is 6.79. The van der Waals surface area contributed by atoms with Crippen LogP contribution in [0.1, 0.15) is 24.0 Å². The fraction of sp³-hybridized carbons (Fsp3) is 0.316. The second-order valence-electron chi connectivity index (χ2n) is 6.28. The van der Waals surface area contributed by atoms with Crippen LogP contribution in [0.25, 0.3) is 0 Å². The lowest BCUT2D eigenvalue weighted by Gasteiger charge is -2.32. The fourth-order valence-corrected chi connectivity index (χ4v) is 3.20. The van der Waals surface area contributed by atoms with Crippen LogP contribution in [0.2, 0.25) is 0 Å². The minimum absolute atomic E-state index is 0.000197. The Hall–Kier alpha value is -3.14. The average Bonchev–Trinajstić information content (AvgIpc) is 2.66. The summed E-state index contributed by atoms with van der Waals surface area (Å²) in [6.45, 7) is 1.83. The van der Waals surface area contributed by atoms with Gasteiger partial charge >= 0.3 is 0 Å². The number of rotatable bonds is 5. The lowest BCUT2D eigenvalue weighted by molar-refractivity contribution is -0.122. The van der Waals surface area contributed by atoms with Crippen LogP contribution < -0.4 is 16.0 Å². The molecule has 1 aromatic carbocycles.